The van der Waals surface area contributed by atoms with Gasteiger partial charge in [0, 0.05) is 12.7 Å². The van der Waals surface area contributed by atoms with E-state index in [1.807, 2.05) is 65.1 Å². The van der Waals surface area contributed by atoms with E-state index in [1.165, 1.54) is 0 Å². The Morgan fingerprint density at radius 2 is 1.67 bits per heavy atom. The van der Waals surface area contributed by atoms with E-state index in [-0.39, 0.29) is 6.61 Å². The summed E-state index contributed by atoms with van der Waals surface area (Å²) < 4.78 is 11.9. The second kappa shape index (κ2) is 5.83. The number of aliphatic hydroxyl groups excluding tert-OH is 1. The van der Waals surface area contributed by atoms with Crippen LogP contribution < -0.4 is 5.32 Å². The molecular formula is C16H24BNO3. The van der Waals surface area contributed by atoms with Crippen molar-refractivity contribution in [2.75, 3.05) is 19.0 Å². The highest BCUT2D eigenvalue weighted by atomic mass is 16.7. The fourth-order valence-electron chi connectivity index (χ4n) is 2.14. The maximum Gasteiger partial charge on any atom is 0.492 e. The molecule has 0 bridgehead atoms. The highest BCUT2D eigenvalue weighted by Crippen LogP contribution is 2.38. The van der Waals surface area contributed by atoms with Gasteiger partial charge in [-0.15, -0.1) is 0 Å². The molecule has 0 atom stereocenters. The molecule has 5 heteroatoms. The van der Waals surface area contributed by atoms with Gasteiger partial charge in [-0.1, -0.05) is 18.2 Å². The zero-order chi connectivity index (χ0) is 15.7. The van der Waals surface area contributed by atoms with Crippen LogP contribution in [0.2, 0.25) is 0 Å². The molecule has 0 aromatic heterocycles. The van der Waals surface area contributed by atoms with Gasteiger partial charge in [0.2, 0.25) is 0 Å². The molecule has 1 saturated heterocycles. The molecule has 114 valence electrons. The maximum absolute atomic E-state index is 9.65. The van der Waals surface area contributed by atoms with Gasteiger partial charge in [0.05, 0.1) is 17.8 Å². The molecule has 0 unspecified atom stereocenters. The molecule has 1 aromatic rings. The van der Waals surface area contributed by atoms with Gasteiger partial charge in [0.25, 0.3) is 0 Å². The van der Waals surface area contributed by atoms with Gasteiger partial charge >= 0.3 is 7.12 Å². The van der Waals surface area contributed by atoms with Crippen LogP contribution in [0.3, 0.4) is 0 Å². The summed E-state index contributed by atoms with van der Waals surface area (Å²) in [4.78, 5) is 0. The van der Waals surface area contributed by atoms with Crippen LogP contribution >= 0.6 is 0 Å². The van der Waals surface area contributed by atoms with Crippen LogP contribution in [0.15, 0.2) is 29.7 Å². The number of benzene rings is 1. The van der Waals surface area contributed by atoms with Crippen LogP contribution in [-0.2, 0) is 9.31 Å². The van der Waals surface area contributed by atoms with Gasteiger partial charge in [-0.2, -0.15) is 0 Å². The first-order chi connectivity index (χ1) is 9.79. The first-order valence-corrected chi connectivity index (χ1v) is 7.24. The Morgan fingerprint density at radius 1 is 1.14 bits per heavy atom. The largest absolute Gasteiger partial charge is 0.492 e. The van der Waals surface area contributed by atoms with Gasteiger partial charge in [0.1, 0.15) is 0 Å². The van der Waals surface area contributed by atoms with Crippen molar-refractivity contribution < 1.29 is 14.4 Å². The predicted molar refractivity (Wildman–Crippen MR) is 87.1 cm³/mol. The highest BCUT2D eigenvalue weighted by Gasteiger charge is 2.52. The summed E-state index contributed by atoms with van der Waals surface area (Å²) in [5.41, 5.74) is 1.98. The van der Waals surface area contributed by atoms with Gasteiger partial charge < -0.3 is 19.7 Å². The summed E-state index contributed by atoms with van der Waals surface area (Å²) in [6.45, 7) is 7.92. The topological polar surface area (TPSA) is 50.7 Å². The Kier molecular flexibility index (Phi) is 4.47. The second-order valence-corrected chi connectivity index (χ2v) is 6.34. The number of anilines is 1. The molecule has 1 fully saturated rings. The molecular weight excluding hydrogens is 265 g/mol. The first-order valence-electron chi connectivity index (χ1n) is 7.24. The quantitative estimate of drug-likeness (QED) is 0.837. The molecule has 4 nitrogen and oxygen atoms in total. The lowest BCUT2D eigenvalue weighted by Crippen LogP contribution is -2.41. The predicted octanol–water partition coefficient (Wildman–Crippen LogP) is 2.74. The third-order valence-corrected chi connectivity index (χ3v) is 4.29. The van der Waals surface area contributed by atoms with E-state index in [4.69, 9.17) is 9.31 Å². The summed E-state index contributed by atoms with van der Waals surface area (Å²) in [5, 5.41) is 12.7. The van der Waals surface area contributed by atoms with Crippen LogP contribution in [0.1, 0.15) is 33.3 Å². The van der Waals surface area contributed by atoms with Crippen LogP contribution in [0.25, 0.3) is 6.08 Å². The van der Waals surface area contributed by atoms with Gasteiger partial charge in [-0.05, 0) is 50.9 Å². The summed E-state index contributed by atoms with van der Waals surface area (Å²) in [6.07, 6.45) is 1.92. The Morgan fingerprint density at radius 3 is 2.10 bits per heavy atom. The fraction of sp³-hybridized carbons (Fsp3) is 0.500. The number of nitrogens with one attached hydrogen (secondary N) is 1. The van der Waals surface area contributed by atoms with E-state index < -0.39 is 18.3 Å². The van der Waals surface area contributed by atoms with Crippen molar-refractivity contribution in [3.8, 4) is 0 Å². The number of aliphatic hydroxyl groups is 1. The summed E-state index contributed by atoms with van der Waals surface area (Å²) >= 11 is 0. The third kappa shape index (κ3) is 3.31. The Hall–Kier alpha value is -1.30. The molecule has 1 aliphatic heterocycles. The Labute approximate surface area is 127 Å². The second-order valence-electron chi connectivity index (χ2n) is 6.34. The van der Waals surface area contributed by atoms with Crippen molar-refractivity contribution in [1.29, 1.82) is 0 Å². The van der Waals surface area contributed by atoms with Crippen LogP contribution in [0.4, 0.5) is 5.69 Å². The first kappa shape index (κ1) is 16.1. The zero-order valence-electron chi connectivity index (χ0n) is 13.4. The monoisotopic (exact) mass is 289 g/mol. The van der Waals surface area contributed by atoms with E-state index in [1.54, 1.807) is 0 Å². The molecule has 2 N–H and O–H groups in total. The number of hydrogen-bond donors (Lipinski definition) is 2. The van der Waals surface area contributed by atoms with Crippen molar-refractivity contribution in [1.82, 2.24) is 0 Å². The molecule has 1 aliphatic rings. The van der Waals surface area contributed by atoms with E-state index in [2.05, 4.69) is 5.32 Å². The summed E-state index contributed by atoms with van der Waals surface area (Å²) in [7, 11) is 1.37. The number of hydrogen-bond acceptors (Lipinski definition) is 4. The van der Waals surface area contributed by atoms with E-state index in [0.717, 1.165) is 16.7 Å². The molecule has 21 heavy (non-hydrogen) atoms. The number of rotatable bonds is 4. The average Bonchev–Trinajstić information content (AvgIpc) is 2.65. The molecule has 0 aliphatic carbocycles. The Balaban J connectivity index is 2.22. The molecule has 1 heterocycles. The van der Waals surface area contributed by atoms with E-state index in [0.29, 0.717) is 0 Å². The standard InChI is InChI=1S/C16H24BNO3/c1-15(2)16(3,4)21-17(20-15)13(11-19)10-12-6-8-14(18-5)9-7-12/h6-10,18-19H,11H2,1-5H3. The van der Waals surface area contributed by atoms with Gasteiger partial charge in [-0.25, -0.2) is 0 Å². The lowest BCUT2D eigenvalue weighted by atomic mass is 9.77. The summed E-state index contributed by atoms with van der Waals surface area (Å²) in [6, 6.07) is 7.97. The lowest BCUT2D eigenvalue weighted by Gasteiger charge is -2.32. The van der Waals surface area contributed by atoms with Crippen molar-refractivity contribution >= 4 is 18.9 Å². The Bertz CT molecular complexity index is 507. The van der Waals surface area contributed by atoms with Crippen LogP contribution in [0.5, 0.6) is 0 Å². The van der Waals surface area contributed by atoms with Gasteiger partial charge in [-0.3, -0.25) is 0 Å². The fourth-order valence-corrected chi connectivity index (χ4v) is 2.14. The molecule has 0 saturated carbocycles. The lowest BCUT2D eigenvalue weighted by molar-refractivity contribution is 0.00578. The molecule has 1 aromatic carbocycles. The minimum absolute atomic E-state index is 0.0927. The van der Waals surface area contributed by atoms with E-state index in [9.17, 15) is 5.11 Å². The van der Waals surface area contributed by atoms with Crippen molar-refractivity contribution in [3.63, 3.8) is 0 Å². The average molecular weight is 289 g/mol. The highest BCUT2D eigenvalue weighted by molar-refractivity contribution is 6.55. The van der Waals surface area contributed by atoms with Crippen LogP contribution in [0, 0.1) is 0 Å². The maximum atomic E-state index is 9.65. The normalized spacial score (nSPS) is 20.7. The van der Waals surface area contributed by atoms with E-state index >= 15 is 0 Å². The zero-order valence-corrected chi connectivity index (χ0v) is 13.4. The van der Waals surface area contributed by atoms with Crippen LogP contribution in [-0.4, -0.2) is 37.1 Å². The smallest absolute Gasteiger partial charge is 0.400 e. The molecule has 0 spiro atoms. The molecule has 0 radical (unpaired) electrons. The third-order valence-electron chi connectivity index (χ3n) is 4.29. The van der Waals surface area contributed by atoms with Crippen molar-refractivity contribution in [3.05, 3.63) is 35.3 Å². The molecule has 0 amide bonds. The van der Waals surface area contributed by atoms with Crippen molar-refractivity contribution in [2.45, 2.75) is 38.9 Å². The summed E-state index contributed by atoms with van der Waals surface area (Å²) in [5.74, 6) is 0. The molecule has 2 rings (SSSR count). The van der Waals surface area contributed by atoms with Gasteiger partial charge in [0.15, 0.2) is 0 Å². The minimum atomic E-state index is -0.510. The minimum Gasteiger partial charge on any atom is -0.400 e. The SMILES string of the molecule is CNc1ccc(C=C(CO)B2OC(C)(C)C(C)(C)O2)cc1. The van der Waals surface area contributed by atoms with Crippen molar-refractivity contribution in [2.24, 2.45) is 0 Å².